The molecule has 5 nitrogen and oxygen atoms in total. The van der Waals surface area contributed by atoms with Gasteiger partial charge >= 0.3 is 0 Å². The summed E-state index contributed by atoms with van der Waals surface area (Å²) in [5.74, 6) is 0.878. The number of rotatable bonds is 4. The first-order valence-corrected chi connectivity index (χ1v) is 8.16. The third-order valence-electron chi connectivity index (χ3n) is 3.71. The second-order valence-corrected chi connectivity index (χ2v) is 6.38. The zero-order chi connectivity index (χ0) is 14.4. The van der Waals surface area contributed by atoms with Gasteiger partial charge in [-0.3, -0.25) is 4.99 Å². The summed E-state index contributed by atoms with van der Waals surface area (Å²) >= 11 is 1.66. The monoisotopic (exact) mass is 423 g/mol. The highest BCUT2D eigenvalue weighted by molar-refractivity contribution is 14.0. The molecular weight excluding hydrogens is 397 g/mol. The highest BCUT2D eigenvalue weighted by Gasteiger charge is 2.21. The van der Waals surface area contributed by atoms with Crippen molar-refractivity contribution in [3.8, 4) is 0 Å². The number of halogens is 1. The Kier molecular flexibility index (Phi) is 8.50. The smallest absolute Gasteiger partial charge is 0.191 e. The summed E-state index contributed by atoms with van der Waals surface area (Å²) in [6, 6.07) is 1.17. The number of nitrogens with zero attached hydrogens (tertiary/aromatic N) is 3. The molecule has 2 N–H and O–H groups in total. The fourth-order valence-electron chi connectivity index (χ4n) is 2.45. The number of nitrogens with one attached hydrogen (secondary N) is 2. The molecule has 0 unspecified atom stereocenters. The van der Waals surface area contributed by atoms with Crippen LogP contribution in [0.2, 0.25) is 0 Å². The van der Waals surface area contributed by atoms with Gasteiger partial charge in [0.25, 0.3) is 0 Å². The lowest BCUT2D eigenvalue weighted by molar-refractivity contribution is 0.167. The number of hydrogen-bond donors (Lipinski definition) is 2. The SMILES string of the molecule is CN=C(NCc1nccs1)NC1CCN(C(C)C)CC1.I. The van der Waals surface area contributed by atoms with E-state index in [2.05, 4.69) is 39.4 Å². The van der Waals surface area contributed by atoms with E-state index in [0.717, 1.165) is 17.5 Å². The minimum atomic E-state index is 0. The van der Waals surface area contributed by atoms with Crippen LogP contribution < -0.4 is 10.6 Å². The van der Waals surface area contributed by atoms with Gasteiger partial charge in [0.1, 0.15) is 5.01 Å². The predicted octanol–water partition coefficient (Wildman–Crippen LogP) is 2.30. The van der Waals surface area contributed by atoms with Crippen molar-refractivity contribution < 1.29 is 0 Å². The van der Waals surface area contributed by atoms with E-state index in [1.807, 2.05) is 18.6 Å². The molecule has 120 valence electrons. The van der Waals surface area contributed by atoms with Crippen molar-refractivity contribution >= 4 is 41.3 Å². The highest BCUT2D eigenvalue weighted by atomic mass is 127. The average Bonchev–Trinajstić information content (AvgIpc) is 2.97. The summed E-state index contributed by atoms with van der Waals surface area (Å²) in [6.45, 7) is 7.60. The van der Waals surface area contributed by atoms with Gasteiger partial charge in [0.2, 0.25) is 0 Å². The molecular formula is C14H26IN5S. The molecule has 2 rings (SSSR count). The van der Waals surface area contributed by atoms with Gasteiger partial charge in [0.15, 0.2) is 5.96 Å². The first-order chi connectivity index (χ1) is 9.69. The zero-order valence-corrected chi connectivity index (χ0v) is 16.1. The normalized spacial score (nSPS) is 17.6. The molecule has 1 saturated heterocycles. The maximum atomic E-state index is 4.29. The van der Waals surface area contributed by atoms with Crippen molar-refractivity contribution in [2.75, 3.05) is 20.1 Å². The van der Waals surface area contributed by atoms with Crippen molar-refractivity contribution in [2.45, 2.75) is 45.3 Å². The molecule has 0 spiro atoms. The van der Waals surface area contributed by atoms with E-state index in [1.54, 1.807) is 11.3 Å². The van der Waals surface area contributed by atoms with Crippen LogP contribution in [0.15, 0.2) is 16.6 Å². The van der Waals surface area contributed by atoms with Crippen LogP contribution in [0.5, 0.6) is 0 Å². The Morgan fingerprint density at radius 2 is 2.19 bits per heavy atom. The van der Waals surface area contributed by atoms with Crippen LogP contribution >= 0.6 is 35.3 Å². The van der Waals surface area contributed by atoms with Gasteiger partial charge in [-0.05, 0) is 26.7 Å². The van der Waals surface area contributed by atoms with Crippen molar-refractivity contribution in [2.24, 2.45) is 4.99 Å². The lowest BCUT2D eigenvalue weighted by Crippen LogP contribution is -2.49. The molecule has 1 aliphatic heterocycles. The van der Waals surface area contributed by atoms with Crippen molar-refractivity contribution in [1.29, 1.82) is 0 Å². The van der Waals surface area contributed by atoms with Crippen LogP contribution in [-0.2, 0) is 6.54 Å². The van der Waals surface area contributed by atoms with Gasteiger partial charge in [-0.2, -0.15) is 0 Å². The quantitative estimate of drug-likeness (QED) is 0.444. The van der Waals surface area contributed by atoms with Crippen molar-refractivity contribution in [3.05, 3.63) is 16.6 Å². The third-order valence-corrected chi connectivity index (χ3v) is 4.49. The Morgan fingerprint density at radius 1 is 1.48 bits per heavy atom. The molecule has 1 fully saturated rings. The van der Waals surface area contributed by atoms with E-state index in [0.29, 0.717) is 12.1 Å². The molecule has 21 heavy (non-hydrogen) atoms. The fourth-order valence-corrected chi connectivity index (χ4v) is 3.00. The van der Waals surface area contributed by atoms with Gasteiger partial charge < -0.3 is 15.5 Å². The molecule has 0 saturated carbocycles. The summed E-state index contributed by atoms with van der Waals surface area (Å²) in [4.78, 5) is 11.1. The zero-order valence-electron chi connectivity index (χ0n) is 13.0. The van der Waals surface area contributed by atoms with Gasteiger partial charge in [-0.1, -0.05) is 0 Å². The van der Waals surface area contributed by atoms with Gasteiger partial charge in [-0.25, -0.2) is 4.98 Å². The molecule has 2 heterocycles. The summed E-state index contributed by atoms with van der Waals surface area (Å²) in [5.41, 5.74) is 0. The van der Waals surface area contributed by atoms with Gasteiger partial charge in [0.05, 0.1) is 6.54 Å². The fraction of sp³-hybridized carbons (Fsp3) is 0.714. The Labute approximate surface area is 148 Å². The predicted molar refractivity (Wildman–Crippen MR) is 101 cm³/mol. The van der Waals surface area contributed by atoms with Crippen LogP contribution in [-0.4, -0.2) is 48.1 Å². The summed E-state index contributed by atoms with van der Waals surface area (Å²) in [7, 11) is 1.82. The van der Waals surface area contributed by atoms with E-state index in [9.17, 15) is 0 Å². The molecule has 0 amide bonds. The second-order valence-electron chi connectivity index (χ2n) is 5.40. The first-order valence-electron chi connectivity index (χ1n) is 7.28. The molecule has 0 radical (unpaired) electrons. The Bertz CT molecular complexity index is 413. The molecule has 7 heteroatoms. The van der Waals surface area contributed by atoms with Crippen LogP contribution in [0, 0.1) is 0 Å². The lowest BCUT2D eigenvalue weighted by Gasteiger charge is -2.35. The Balaban J connectivity index is 0.00000220. The molecule has 1 aromatic rings. The van der Waals surface area contributed by atoms with Gasteiger partial charge in [0, 0.05) is 43.8 Å². The highest BCUT2D eigenvalue weighted by Crippen LogP contribution is 2.12. The summed E-state index contributed by atoms with van der Waals surface area (Å²) < 4.78 is 0. The van der Waals surface area contributed by atoms with E-state index in [-0.39, 0.29) is 24.0 Å². The van der Waals surface area contributed by atoms with Crippen molar-refractivity contribution in [1.82, 2.24) is 20.5 Å². The van der Waals surface area contributed by atoms with E-state index >= 15 is 0 Å². The van der Waals surface area contributed by atoms with Crippen molar-refractivity contribution in [3.63, 3.8) is 0 Å². The molecule has 0 bridgehead atoms. The third kappa shape index (κ3) is 6.07. The molecule has 1 aromatic heterocycles. The Morgan fingerprint density at radius 3 is 2.71 bits per heavy atom. The second kappa shape index (κ2) is 9.58. The number of aliphatic imine (C=N–C) groups is 1. The minimum Gasteiger partial charge on any atom is -0.354 e. The van der Waals surface area contributed by atoms with Crippen LogP contribution in [0.1, 0.15) is 31.7 Å². The van der Waals surface area contributed by atoms with Gasteiger partial charge in [-0.15, -0.1) is 35.3 Å². The Hall–Kier alpha value is -0.410. The number of guanidine groups is 1. The van der Waals surface area contributed by atoms with E-state index < -0.39 is 0 Å². The average molecular weight is 423 g/mol. The van der Waals surface area contributed by atoms with Crippen LogP contribution in [0.25, 0.3) is 0 Å². The number of thiazole rings is 1. The van der Waals surface area contributed by atoms with Crippen LogP contribution in [0.3, 0.4) is 0 Å². The standard InChI is InChI=1S/C14H25N5S.HI/c1-11(2)19-7-4-12(5-8-19)18-14(15-3)17-10-13-16-6-9-20-13;/h6,9,11-12H,4-5,7-8,10H2,1-3H3,(H2,15,17,18);1H. The molecule has 0 aromatic carbocycles. The topological polar surface area (TPSA) is 52.6 Å². The van der Waals surface area contributed by atoms with Crippen LogP contribution in [0.4, 0.5) is 0 Å². The molecule has 1 aliphatic rings. The minimum absolute atomic E-state index is 0. The summed E-state index contributed by atoms with van der Waals surface area (Å²) in [6.07, 6.45) is 4.19. The molecule has 0 atom stereocenters. The first kappa shape index (κ1) is 18.6. The number of likely N-dealkylation sites (tertiary alicyclic amines) is 1. The number of piperidine rings is 1. The van der Waals surface area contributed by atoms with E-state index in [4.69, 9.17) is 0 Å². The number of aromatic nitrogens is 1. The maximum Gasteiger partial charge on any atom is 0.191 e. The maximum absolute atomic E-state index is 4.29. The number of hydrogen-bond acceptors (Lipinski definition) is 4. The largest absolute Gasteiger partial charge is 0.354 e. The summed E-state index contributed by atoms with van der Waals surface area (Å²) in [5, 5.41) is 9.92. The lowest BCUT2D eigenvalue weighted by atomic mass is 10.0. The molecule has 0 aliphatic carbocycles. The van der Waals surface area contributed by atoms with E-state index in [1.165, 1.54) is 25.9 Å².